The van der Waals surface area contributed by atoms with Crippen LogP contribution in [0.4, 0.5) is 4.39 Å². The van der Waals surface area contributed by atoms with E-state index in [0.717, 1.165) is 33.9 Å². The van der Waals surface area contributed by atoms with Crippen LogP contribution in [0.3, 0.4) is 0 Å². The highest BCUT2D eigenvalue weighted by Crippen LogP contribution is 2.26. The second-order valence-electron chi connectivity index (χ2n) is 7.16. The summed E-state index contributed by atoms with van der Waals surface area (Å²) in [5, 5.41) is 2.98. The van der Waals surface area contributed by atoms with E-state index in [9.17, 15) is 9.18 Å². The van der Waals surface area contributed by atoms with Crippen molar-refractivity contribution in [2.75, 3.05) is 6.61 Å². The number of hydrogen-bond acceptors (Lipinski definition) is 3. The fraction of sp³-hybridized carbons (Fsp3) is 0.200. The third-order valence-corrected chi connectivity index (χ3v) is 5.08. The molecular formula is C25H24FN3O2. The van der Waals surface area contributed by atoms with Crippen molar-refractivity contribution in [1.82, 2.24) is 14.7 Å². The topological polar surface area (TPSA) is 55.6 Å². The van der Waals surface area contributed by atoms with Gasteiger partial charge in [0.15, 0.2) is 0 Å². The van der Waals surface area contributed by atoms with Gasteiger partial charge >= 0.3 is 0 Å². The van der Waals surface area contributed by atoms with Crippen LogP contribution < -0.4 is 10.1 Å². The molecule has 158 valence electrons. The molecule has 0 fully saturated rings. The quantitative estimate of drug-likeness (QED) is 0.449. The number of nitrogens with one attached hydrogen (secondary N) is 1. The van der Waals surface area contributed by atoms with Crippen molar-refractivity contribution in [1.29, 1.82) is 0 Å². The first kappa shape index (κ1) is 20.6. The van der Waals surface area contributed by atoms with E-state index in [4.69, 9.17) is 9.72 Å². The van der Waals surface area contributed by atoms with E-state index < -0.39 is 0 Å². The van der Waals surface area contributed by atoms with Crippen molar-refractivity contribution in [2.24, 2.45) is 0 Å². The molecule has 1 amide bonds. The fourth-order valence-electron chi connectivity index (χ4n) is 3.58. The first-order valence-electron chi connectivity index (χ1n) is 10.3. The Kier molecular flexibility index (Phi) is 6.26. The van der Waals surface area contributed by atoms with Gasteiger partial charge in [-0.2, -0.15) is 0 Å². The van der Waals surface area contributed by atoms with Crippen LogP contribution >= 0.6 is 0 Å². The maximum atomic E-state index is 13.4. The monoisotopic (exact) mass is 417 g/mol. The summed E-state index contributed by atoms with van der Waals surface area (Å²) in [6.45, 7) is 2.92. The molecule has 0 aliphatic rings. The molecule has 4 aromatic rings. The molecule has 2 heterocycles. The molecule has 0 spiro atoms. The summed E-state index contributed by atoms with van der Waals surface area (Å²) in [5.74, 6) is 0.439. The Morgan fingerprint density at radius 3 is 2.65 bits per heavy atom. The van der Waals surface area contributed by atoms with Crippen LogP contribution in [0.15, 0.2) is 72.9 Å². The lowest BCUT2D eigenvalue weighted by Crippen LogP contribution is -2.23. The van der Waals surface area contributed by atoms with Crippen molar-refractivity contribution >= 4 is 11.6 Å². The van der Waals surface area contributed by atoms with Crippen LogP contribution in [0.2, 0.25) is 0 Å². The Morgan fingerprint density at radius 2 is 1.84 bits per heavy atom. The van der Waals surface area contributed by atoms with E-state index in [1.165, 1.54) is 12.1 Å². The molecule has 2 aromatic carbocycles. The van der Waals surface area contributed by atoms with Crippen LogP contribution in [0.5, 0.6) is 5.75 Å². The smallest absolute Gasteiger partial charge is 0.220 e. The second-order valence-corrected chi connectivity index (χ2v) is 7.16. The van der Waals surface area contributed by atoms with Crippen molar-refractivity contribution in [3.05, 3.63) is 90.0 Å². The molecule has 0 atom stereocenters. The number of carbonyl (C=O) groups excluding carboxylic acids is 1. The van der Waals surface area contributed by atoms with Crippen LogP contribution in [-0.2, 0) is 17.8 Å². The average molecular weight is 417 g/mol. The number of nitrogens with zero attached hydrogens (tertiary/aromatic N) is 2. The minimum atomic E-state index is -0.291. The van der Waals surface area contributed by atoms with Crippen LogP contribution in [0.1, 0.15) is 24.6 Å². The van der Waals surface area contributed by atoms with Crippen LogP contribution in [-0.4, -0.2) is 21.9 Å². The zero-order valence-electron chi connectivity index (χ0n) is 17.3. The predicted octanol–water partition coefficient (Wildman–Crippen LogP) is 4.79. The Morgan fingerprint density at radius 1 is 1.06 bits per heavy atom. The third-order valence-electron chi connectivity index (χ3n) is 5.08. The van der Waals surface area contributed by atoms with Crippen LogP contribution in [0, 0.1) is 5.82 Å². The number of rotatable bonds is 8. The summed E-state index contributed by atoms with van der Waals surface area (Å²) in [4.78, 5) is 17.3. The van der Waals surface area contributed by atoms with Crippen molar-refractivity contribution in [3.8, 4) is 17.0 Å². The number of ether oxygens (including phenoxy) is 1. The molecule has 0 unspecified atom stereocenters. The number of pyridine rings is 1. The van der Waals surface area contributed by atoms with Gasteiger partial charge in [-0.05, 0) is 55.8 Å². The highest BCUT2D eigenvalue weighted by Gasteiger charge is 2.15. The molecular weight excluding hydrogens is 393 g/mol. The van der Waals surface area contributed by atoms with Gasteiger partial charge in [0.1, 0.15) is 17.2 Å². The van der Waals surface area contributed by atoms with Crippen molar-refractivity contribution in [2.45, 2.75) is 26.3 Å². The molecule has 0 aliphatic carbocycles. The maximum absolute atomic E-state index is 13.4. The molecule has 6 heteroatoms. The van der Waals surface area contributed by atoms with E-state index in [1.54, 1.807) is 12.1 Å². The van der Waals surface area contributed by atoms with E-state index in [2.05, 4.69) is 5.32 Å². The second kappa shape index (κ2) is 9.43. The fourth-order valence-corrected chi connectivity index (χ4v) is 3.58. The number of amides is 1. The number of aryl methyl sites for hydroxylation is 1. The largest absolute Gasteiger partial charge is 0.494 e. The SMILES string of the molecule is CCOc1ccccc1CNC(=O)CCc1c(-c2ccc(F)cc2)nc2ccccn12. The summed E-state index contributed by atoms with van der Waals surface area (Å²) in [6.07, 6.45) is 2.76. The van der Waals surface area contributed by atoms with Gasteiger partial charge in [0.05, 0.1) is 18.0 Å². The molecule has 0 aliphatic heterocycles. The Balaban J connectivity index is 1.49. The van der Waals surface area contributed by atoms with Crippen molar-refractivity contribution < 1.29 is 13.9 Å². The standard InChI is InChI=1S/C25H24FN3O2/c1-2-31-22-8-4-3-7-19(22)17-27-24(30)15-14-21-25(18-10-12-20(26)13-11-18)28-23-9-5-6-16-29(21)23/h3-13,16H,2,14-15,17H2,1H3,(H,27,30). The molecule has 0 saturated heterocycles. The minimum absolute atomic E-state index is 0.0535. The molecule has 0 saturated carbocycles. The lowest BCUT2D eigenvalue weighted by Gasteiger charge is -2.11. The minimum Gasteiger partial charge on any atom is -0.494 e. The van der Waals surface area contributed by atoms with E-state index in [0.29, 0.717) is 26.0 Å². The molecule has 4 rings (SSSR count). The normalized spacial score (nSPS) is 10.9. The third kappa shape index (κ3) is 4.74. The lowest BCUT2D eigenvalue weighted by atomic mass is 10.1. The van der Waals surface area contributed by atoms with Gasteiger partial charge in [0, 0.05) is 30.3 Å². The number of aromatic nitrogens is 2. The Hall–Kier alpha value is -3.67. The van der Waals surface area contributed by atoms with E-state index in [-0.39, 0.29) is 11.7 Å². The zero-order chi connectivity index (χ0) is 21.6. The summed E-state index contributed by atoms with van der Waals surface area (Å²) >= 11 is 0. The van der Waals surface area contributed by atoms with E-state index >= 15 is 0 Å². The van der Waals surface area contributed by atoms with Gasteiger partial charge in [-0.15, -0.1) is 0 Å². The number of imidazole rings is 1. The lowest BCUT2D eigenvalue weighted by molar-refractivity contribution is -0.121. The molecule has 0 bridgehead atoms. The maximum Gasteiger partial charge on any atom is 0.220 e. The molecule has 31 heavy (non-hydrogen) atoms. The van der Waals surface area contributed by atoms with Crippen molar-refractivity contribution in [3.63, 3.8) is 0 Å². The van der Waals surface area contributed by atoms with Gasteiger partial charge in [0.2, 0.25) is 5.91 Å². The van der Waals surface area contributed by atoms with Gasteiger partial charge in [-0.25, -0.2) is 9.37 Å². The van der Waals surface area contributed by atoms with E-state index in [1.807, 2.05) is 60.0 Å². The summed E-state index contributed by atoms with van der Waals surface area (Å²) in [7, 11) is 0. The predicted molar refractivity (Wildman–Crippen MR) is 118 cm³/mol. The number of fused-ring (bicyclic) bond motifs is 1. The van der Waals surface area contributed by atoms with Gasteiger partial charge < -0.3 is 14.5 Å². The first-order chi connectivity index (χ1) is 15.2. The number of carbonyl (C=O) groups is 1. The first-order valence-corrected chi connectivity index (χ1v) is 10.3. The Labute approximate surface area is 180 Å². The van der Waals surface area contributed by atoms with Gasteiger partial charge in [0.25, 0.3) is 0 Å². The number of hydrogen-bond donors (Lipinski definition) is 1. The molecule has 5 nitrogen and oxygen atoms in total. The molecule has 2 aromatic heterocycles. The number of benzene rings is 2. The highest BCUT2D eigenvalue weighted by molar-refractivity contribution is 5.77. The zero-order valence-corrected chi connectivity index (χ0v) is 17.3. The number of halogens is 1. The summed E-state index contributed by atoms with van der Waals surface area (Å²) < 4.78 is 21.0. The van der Waals surface area contributed by atoms with Gasteiger partial charge in [-0.3, -0.25) is 4.79 Å². The summed E-state index contributed by atoms with van der Waals surface area (Å²) in [6, 6.07) is 19.7. The Bertz CT molecular complexity index is 1190. The highest BCUT2D eigenvalue weighted by atomic mass is 19.1. The van der Waals surface area contributed by atoms with Gasteiger partial charge in [-0.1, -0.05) is 24.3 Å². The molecule has 0 radical (unpaired) electrons. The average Bonchev–Trinajstić information content (AvgIpc) is 3.16. The number of para-hydroxylation sites is 1. The van der Waals surface area contributed by atoms with Crippen LogP contribution in [0.25, 0.3) is 16.9 Å². The summed E-state index contributed by atoms with van der Waals surface area (Å²) in [5.41, 5.74) is 4.25. The molecule has 1 N–H and O–H groups in total.